The van der Waals surface area contributed by atoms with E-state index in [2.05, 4.69) is 36.0 Å². The first-order chi connectivity index (χ1) is 9.24. The van der Waals surface area contributed by atoms with E-state index in [1.54, 1.807) is 21.8 Å². The van der Waals surface area contributed by atoms with Crippen molar-refractivity contribution in [2.45, 2.75) is 52.1 Å². The van der Waals surface area contributed by atoms with Crippen molar-refractivity contribution in [3.05, 3.63) is 43.3 Å². The zero-order valence-electron chi connectivity index (χ0n) is 11.7. The first kappa shape index (κ1) is 13.3. The number of thiophene rings is 2. The van der Waals surface area contributed by atoms with Crippen molar-refractivity contribution in [1.29, 1.82) is 0 Å². The predicted molar refractivity (Wildman–Crippen MR) is 85.3 cm³/mol. The summed E-state index contributed by atoms with van der Waals surface area (Å²) >= 11 is 3.82. The summed E-state index contributed by atoms with van der Waals surface area (Å²) in [7, 11) is 0. The largest absolute Gasteiger partial charge is 0.305 e. The van der Waals surface area contributed by atoms with Gasteiger partial charge in [0.05, 0.1) is 0 Å². The van der Waals surface area contributed by atoms with Gasteiger partial charge in [0.15, 0.2) is 0 Å². The fourth-order valence-corrected chi connectivity index (χ4v) is 4.80. The van der Waals surface area contributed by atoms with E-state index in [0.29, 0.717) is 6.04 Å². The van der Waals surface area contributed by atoms with Crippen molar-refractivity contribution >= 4 is 22.7 Å². The molecule has 0 aromatic carbocycles. The fraction of sp³-hybridized carbons (Fsp3) is 0.500. The molecule has 0 saturated heterocycles. The van der Waals surface area contributed by atoms with Crippen LogP contribution in [0.1, 0.15) is 52.3 Å². The van der Waals surface area contributed by atoms with Gasteiger partial charge in [-0.15, -0.1) is 11.3 Å². The first-order valence-electron chi connectivity index (χ1n) is 7.10. The molecule has 3 heteroatoms. The molecule has 0 saturated carbocycles. The Kier molecular flexibility index (Phi) is 4.06. The Morgan fingerprint density at radius 3 is 2.84 bits per heavy atom. The molecule has 0 radical (unpaired) electrons. The van der Waals surface area contributed by atoms with E-state index in [9.17, 15) is 0 Å². The van der Waals surface area contributed by atoms with Crippen molar-refractivity contribution < 1.29 is 0 Å². The Hall–Kier alpha value is -0.640. The molecule has 0 amide bonds. The van der Waals surface area contributed by atoms with Gasteiger partial charge in [-0.25, -0.2) is 0 Å². The maximum atomic E-state index is 3.67. The Balaban J connectivity index is 1.65. The van der Waals surface area contributed by atoms with Gasteiger partial charge >= 0.3 is 0 Å². The van der Waals surface area contributed by atoms with E-state index >= 15 is 0 Å². The van der Waals surface area contributed by atoms with E-state index in [0.717, 1.165) is 6.54 Å². The molecule has 2 aromatic rings. The van der Waals surface area contributed by atoms with Crippen molar-refractivity contribution in [2.24, 2.45) is 0 Å². The van der Waals surface area contributed by atoms with Crippen LogP contribution in [-0.2, 0) is 19.4 Å². The average molecular weight is 291 g/mol. The number of nitrogens with one attached hydrogen (secondary N) is 1. The molecule has 1 aliphatic carbocycles. The number of aryl methyl sites for hydroxylation is 3. The van der Waals surface area contributed by atoms with Gasteiger partial charge in [0.2, 0.25) is 0 Å². The van der Waals surface area contributed by atoms with E-state index < -0.39 is 0 Å². The summed E-state index contributed by atoms with van der Waals surface area (Å²) in [5.74, 6) is 0. The minimum absolute atomic E-state index is 0.467. The third-order valence-electron chi connectivity index (χ3n) is 4.00. The monoisotopic (exact) mass is 291 g/mol. The zero-order valence-corrected chi connectivity index (χ0v) is 13.3. The molecule has 1 atom stereocenters. The highest BCUT2D eigenvalue weighted by atomic mass is 32.1. The minimum atomic E-state index is 0.467. The number of hydrogen-bond acceptors (Lipinski definition) is 3. The summed E-state index contributed by atoms with van der Waals surface area (Å²) in [5, 5.41) is 8.15. The van der Waals surface area contributed by atoms with Crippen LogP contribution in [0.15, 0.2) is 16.8 Å². The van der Waals surface area contributed by atoms with Crippen molar-refractivity contribution in [3.8, 4) is 0 Å². The van der Waals surface area contributed by atoms with Crippen molar-refractivity contribution in [3.63, 3.8) is 0 Å². The summed E-state index contributed by atoms with van der Waals surface area (Å²) in [6.07, 6.45) is 5.35. The smallest absolute Gasteiger partial charge is 0.0389 e. The summed E-state index contributed by atoms with van der Waals surface area (Å²) in [4.78, 5) is 3.15. The molecular formula is C16H21NS2. The van der Waals surface area contributed by atoms with Crippen LogP contribution in [0.25, 0.3) is 0 Å². The summed E-state index contributed by atoms with van der Waals surface area (Å²) in [6.45, 7) is 5.47. The van der Waals surface area contributed by atoms with Gasteiger partial charge in [0.1, 0.15) is 0 Å². The van der Waals surface area contributed by atoms with Gasteiger partial charge in [-0.3, -0.25) is 0 Å². The fourth-order valence-electron chi connectivity index (χ4n) is 2.66. The lowest BCUT2D eigenvalue weighted by Gasteiger charge is -2.11. The lowest BCUT2D eigenvalue weighted by Crippen LogP contribution is -2.17. The molecule has 19 heavy (non-hydrogen) atoms. The molecule has 0 fully saturated rings. The zero-order chi connectivity index (χ0) is 13.2. The van der Waals surface area contributed by atoms with Crippen LogP contribution in [0.2, 0.25) is 0 Å². The van der Waals surface area contributed by atoms with Crippen LogP contribution < -0.4 is 5.32 Å². The summed E-state index contributed by atoms with van der Waals surface area (Å²) in [6, 6.07) is 2.91. The van der Waals surface area contributed by atoms with Crippen LogP contribution in [0, 0.1) is 6.92 Å². The highest BCUT2D eigenvalue weighted by Gasteiger charge is 2.16. The number of rotatable bonds is 4. The normalized spacial score (nSPS) is 16.3. The number of hydrogen-bond donors (Lipinski definition) is 1. The summed E-state index contributed by atoms with van der Waals surface area (Å²) in [5.41, 5.74) is 4.47. The molecule has 1 nitrogen and oxygen atoms in total. The Morgan fingerprint density at radius 2 is 2.11 bits per heavy atom. The second-order valence-electron chi connectivity index (χ2n) is 5.49. The molecule has 2 aromatic heterocycles. The lowest BCUT2D eigenvalue weighted by atomic mass is 9.99. The van der Waals surface area contributed by atoms with Gasteiger partial charge in [0, 0.05) is 22.3 Å². The maximum Gasteiger partial charge on any atom is 0.0389 e. The topological polar surface area (TPSA) is 12.0 Å². The third kappa shape index (κ3) is 2.93. The predicted octanol–water partition coefficient (Wildman–Crippen LogP) is 4.85. The standard InChI is InChI=1S/C16H21NS2/c1-11-9-18-10-14(11)8-17-12(2)16-7-13-5-3-4-6-15(13)19-16/h7,9-10,12,17H,3-6,8H2,1-2H3. The Labute approximate surface area is 123 Å². The van der Waals surface area contributed by atoms with Crippen LogP contribution in [0.4, 0.5) is 0 Å². The molecule has 0 aliphatic heterocycles. The van der Waals surface area contributed by atoms with Crippen LogP contribution in [-0.4, -0.2) is 0 Å². The molecule has 1 aliphatic rings. The van der Waals surface area contributed by atoms with Gasteiger partial charge in [-0.05, 0) is 73.0 Å². The lowest BCUT2D eigenvalue weighted by molar-refractivity contribution is 0.582. The van der Waals surface area contributed by atoms with Crippen molar-refractivity contribution in [2.75, 3.05) is 0 Å². The van der Waals surface area contributed by atoms with E-state index in [1.807, 2.05) is 11.3 Å². The number of fused-ring (bicyclic) bond motifs is 1. The minimum Gasteiger partial charge on any atom is -0.305 e. The molecule has 102 valence electrons. The maximum absolute atomic E-state index is 3.67. The quantitative estimate of drug-likeness (QED) is 0.849. The molecule has 0 bridgehead atoms. The van der Waals surface area contributed by atoms with Crippen LogP contribution in [0.5, 0.6) is 0 Å². The molecule has 1 N–H and O–H groups in total. The molecule has 2 heterocycles. The Bertz CT molecular complexity index is 529. The third-order valence-corrected chi connectivity index (χ3v) is 6.33. The van der Waals surface area contributed by atoms with Gasteiger partial charge in [0.25, 0.3) is 0 Å². The second-order valence-corrected chi connectivity index (χ2v) is 7.40. The SMILES string of the molecule is Cc1cscc1CNC(C)c1cc2c(s1)CCCC2. The van der Waals surface area contributed by atoms with Gasteiger partial charge in [-0.2, -0.15) is 11.3 Å². The van der Waals surface area contributed by atoms with Gasteiger partial charge < -0.3 is 5.32 Å². The highest BCUT2D eigenvalue weighted by Crippen LogP contribution is 2.32. The van der Waals surface area contributed by atoms with E-state index in [4.69, 9.17) is 0 Å². The van der Waals surface area contributed by atoms with Crippen LogP contribution in [0.3, 0.4) is 0 Å². The molecule has 0 spiro atoms. The van der Waals surface area contributed by atoms with E-state index in [1.165, 1.54) is 41.7 Å². The molecule has 1 unspecified atom stereocenters. The van der Waals surface area contributed by atoms with Crippen molar-refractivity contribution in [1.82, 2.24) is 5.32 Å². The van der Waals surface area contributed by atoms with Gasteiger partial charge in [-0.1, -0.05) is 0 Å². The highest BCUT2D eigenvalue weighted by molar-refractivity contribution is 7.12. The average Bonchev–Trinajstić information content (AvgIpc) is 3.01. The first-order valence-corrected chi connectivity index (χ1v) is 8.86. The second kappa shape index (κ2) is 5.78. The summed E-state index contributed by atoms with van der Waals surface area (Å²) < 4.78 is 0. The van der Waals surface area contributed by atoms with E-state index in [-0.39, 0.29) is 0 Å². The molecule has 3 rings (SSSR count). The van der Waals surface area contributed by atoms with Crippen LogP contribution >= 0.6 is 22.7 Å². The molecular weight excluding hydrogens is 270 g/mol. The Morgan fingerprint density at radius 1 is 1.26 bits per heavy atom.